The second-order valence-electron chi connectivity index (χ2n) is 4.12. The second-order valence-corrected chi connectivity index (χ2v) is 4.12. The molecule has 0 radical (unpaired) electrons. The van der Waals surface area contributed by atoms with Crippen LogP contribution in [-0.2, 0) is 0 Å². The molecule has 1 aliphatic rings. The highest BCUT2D eigenvalue weighted by atomic mass is 16.1. The zero-order valence-corrected chi connectivity index (χ0v) is 9.07. The molecule has 0 amide bonds. The lowest BCUT2D eigenvalue weighted by Crippen LogP contribution is -2.09. The van der Waals surface area contributed by atoms with E-state index in [0.29, 0.717) is 5.92 Å². The summed E-state index contributed by atoms with van der Waals surface area (Å²) in [5.41, 5.74) is 2.15. The Morgan fingerprint density at radius 2 is 2.20 bits per heavy atom. The lowest BCUT2D eigenvalue weighted by Gasteiger charge is -2.25. The lowest BCUT2D eigenvalue weighted by atomic mass is 9.79. The van der Waals surface area contributed by atoms with Gasteiger partial charge in [-0.1, -0.05) is 30.7 Å². The predicted molar refractivity (Wildman–Crippen MR) is 62.2 cm³/mol. The average molecular weight is 200 g/mol. The molecule has 2 rings (SSSR count). The molecule has 0 N–H and O–H groups in total. The number of rotatable bonds is 3. The zero-order chi connectivity index (χ0) is 10.7. The summed E-state index contributed by atoms with van der Waals surface area (Å²) in [6.07, 6.45) is 7.30. The van der Waals surface area contributed by atoms with Gasteiger partial charge in [-0.3, -0.25) is 4.79 Å². The van der Waals surface area contributed by atoms with Crippen molar-refractivity contribution in [3.63, 3.8) is 0 Å². The van der Waals surface area contributed by atoms with Gasteiger partial charge in [-0.2, -0.15) is 0 Å². The van der Waals surface area contributed by atoms with Crippen molar-refractivity contribution in [2.75, 3.05) is 0 Å². The maximum atomic E-state index is 11.6. The minimum Gasteiger partial charge on any atom is -0.289 e. The number of benzene rings is 1. The molecule has 1 nitrogen and oxygen atoms in total. The van der Waals surface area contributed by atoms with E-state index in [1.165, 1.54) is 24.8 Å². The summed E-state index contributed by atoms with van der Waals surface area (Å²) < 4.78 is 0. The van der Waals surface area contributed by atoms with E-state index in [-0.39, 0.29) is 5.78 Å². The van der Waals surface area contributed by atoms with E-state index >= 15 is 0 Å². The Bertz CT molecular complexity index is 386. The van der Waals surface area contributed by atoms with Crippen LogP contribution >= 0.6 is 0 Å². The van der Waals surface area contributed by atoms with Crippen molar-refractivity contribution < 1.29 is 4.79 Å². The van der Waals surface area contributed by atoms with Crippen molar-refractivity contribution in [3.05, 3.63) is 47.5 Å². The van der Waals surface area contributed by atoms with E-state index < -0.39 is 0 Å². The molecule has 0 saturated heterocycles. The molecule has 0 heterocycles. The van der Waals surface area contributed by atoms with E-state index in [2.05, 4.69) is 6.07 Å². The molecule has 1 heteroatoms. The Balaban J connectivity index is 2.21. The average Bonchev–Trinajstić information content (AvgIpc) is 2.16. The fraction of sp³-hybridized carbons (Fsp3) is 0.357. The van der Waals surface area contributed by atoms with E-state index in [1.807, 2.05) is 25.1 Å². The van der Waals surface area contributed by atoms with Crippen molar-refractivity contribution in [1.82, 2.24) is 0 Å². The third-order valence-electron chi connectivity index (χ3n) is 3.07. The molecule has 0 unspecified atom stereocenters. The van der Waals surface area contributed by atoms with E-state index in [1.54, 1.807) is 12.2 Å². The summed E-state index contributed by atoms with van der Waals surface area (Å²) in [6.45, 7) is 1.87. The summed E-state index contributed by atoms with van der Waals surface area (Å²) in [6, 6.07) is 8.07. The molecule has 0 aromatic heterocycles. The Morgan fingerprint density at radius 3 is 2.80 bits per heavy atom. The molecule has 15 heavy (non-hydrogen) atoms. The van der Waals surface area contributed by atoms with E-state index in [0.717, 1.165) is 5.56 Å². The Morgan fingerprint density at radius 1 is 1.40 bits per heavy atom. The highest BCUT2D eigenvalue weighted by Gasteiger charge is 2.19. The van der Waals surface area contributed by atoms with Gasteiger partial charge in [-0.05, 0) is 43.4 Å². The quantitative estimate of drug-likeness (QED) is 0.537. The fourth-order valence-electron chi connectivity index (χ4n) is 1.94. The topological polar surface area (TPSA) is 17.1 Å². The Hall–Kier alpha value is -1.37. The van der Waals surface area contributed by atoms with Crippen molar-refractivity contribution in [1.29, 1.82) is 0 Å². The van der Waals surface area contributed by atoms with Crippen LogP contribution in [0.4, 0.5) is 0 Å². The van der Waals surface area contributed by atoms with Crippen LogP contribution in [0.15, 0.2) is 36.4 Å². The minimum atomic E-state index is 0.110. The van der Waals surface area contributed by atoms with E-state index in [9.17, 15) is 4.79 Å². The van der Waals surface area contributed by atoms with Gasteiger partial charge in [-0.15, -0.1) is 0 Å². The monoisotopic (exact) mass is 200 g/mol. The molecular weight excluding hydrogens is 184 g/mol. The number of carbonyl (C=O) groups excluding carboxylic acids is 1. The van der Waals surface area contributed by atoms with Gasteiger partial charge in [0.15, 0.2) is 5.78 Å². The first-order chi connectivity index (χ1) is 7.31. The SMILES string of the molecule is C/C=C/C(=O)c1cccc(C2CCC2)c1. The summed E-state index contributed by atoms with van der Waals surface area (Å²) in [4.78, 5) is 11.6. The van der Waals surface area contributed by atoms with E-state index in [4.69, 9.17) is 0 Å². The molecule has 1 aromatic carbocycles. The van der Waals surface area contributed by atoms with Crippen molar-refractivity contribution in [3.8, 4) is 0 Å². The zero-order valence-electron chi connectivity index (χ0n) is 9.07. The van der Waals surface area contributed by atoms with Gasteiger partial charge >= 0.3 is 0 Å². The fourth-order valence-corrected chi connectivity index (χ4v) is 1.94. The molecule has 0 spiro atoms. The lowest BCUT2D eigenvalue weighted by molar-refractivity contribution is 0.104. The summed E-state index contributed by atoms with van der Waals surface area (Å²) in [7, 11) is 0. The number of allylic oxidation sites excluding steroid dienone is 2. The Kier molecular flexibility index (Phi) is 3.00. The largest absolute Gasteiger partial charge is 0.289 e. The molecule has 1 aliphatic carbocycles. The van der Waals surface area contributed by atoms with Crippen LogP contribution < -0.4 is 0 Å². The van der Waals surface area contributed by atoms with Gasteiger partial charge < -0.3 is 0 Å². The molecule has 0 aliphatic heterocycles. The van der Waals surface area contributed by atoms with Crippen molar-refractivity contribution in [2.45, 2.75) is 32.1 Å². The number of hydrogen-bond acceptors (Lipinski definition) is 1. The normalized spacial score (nSPS) is 16.6. The first-order valence-corrected chi connectivity index (χ1v) is 5.58. The van der Waals surface area contributed by atoms with Crippen molar-refractivity contribution >= 4 is 5.78 Å². The van der Waals surface area contributed by atoms with Gasteiger partial charge in [0.05, 0.1) is 0 Å². The highest BCUT2D eigenvalue weighted by molar-refractivity contribution is 6.04. The van der Waals surface area contributed by atoms with Gasteiger partial charge in [0.25, 0.3) is 0 Å². The van der Waals surface area contributed by atoms with Crippen molar-refractivity contribution in [2.24, 2.45) is 0 Å². The smallest absolute Gasteiger partial charge is 0.185 e. The summed E-state index contributed by atoms with van der Waals surface area (Å²) in [5.74, 6) is 0.807. The van der Waals surface area contributed by atoms with Gasteiger partial charge in [0.2, 0.25) is 0 Å². The van der Waals surface area contributed by atoms with Crippen LogP contribution in [0, 0.1) is 0 Å². The van der Waals surface area contributed by atoms with Crippen LogP contribution in [0.5, 0.6) is 0 Å². The van der Waals surface area contributed by atoms with Crippen LogP contribution in [0.3, 0.4) is 0 Å². The summed E-state index contributed by atoms with van der Waals surface area (Å²) >= 11 is 0. The van der Waals surface area contributed by atoms with Crippen LogP contribution in [0.2, 0.25) is 0 Å². The summed E-state index contributed by atoms with van der Waals surface area (Å²) in [5, 5.41) is 0. The standard InChI is InChI=1S/C14H16O/c1-2-5-14(15)13-9-4-8-12(10-13)11-6-3-7-11/h2,4-5,8-11H,3,6-7H2,1H3/b5-2+. The molecular formula is C14H16O. The molecule has 0 atom stereocenters. The molecule has 78 valence electrons. The Labute approximate surface area is 90.8 Å². The molecule has 0 bridgehead atoms. The van der Waals surface area contributed by atoms with Crippen LogP contribution in [0.1, 0.15) is 48.0 Å². The molecule has 1 fully saturated rings. The van der Waals surface area contributed by atoms with Crippen LogP contribution in [0.25, 0.3) is 0 Å². The number of ketones is 1. The number of hydrogen-bond donors (Lipinski definition) is 0. The van der Waals surface area contributed by atoms with Crippen LogP contribution in [-0.4, -0.2) is 5.78 Å². The van der Waals surface area contributed by atoms with Gasteiger partial charge in [0.1, 0.15) is 0 Å². The first-order valence-electron chi connectivity index (χ1n) is 5.58. The third-order valence-corrected chi connectivity index (χ3v) is 3.07. The molecule has 1 saturated carbocycles. The number of carbonyl (C=O) groups is 1. The maximum Gasteiger partial charge on any atom is 0.185 e. The predicted octanol–water partition coefficient (Wildman–Crippen LogP) is 3.71. The molecule has 1 aromatic rings. The first kappa shape index (κ1) is 10.2. The minimum absolute atomic E-state index is 0.110. The van der Waals surface area contributed by atoms with Gasteiger partial charge in [-0.25, -0.2) is 0 Å². The van der Waals surface area contributed by atoms with Gasteiger partial charge in [0, 0.05) is 5.56 Å². The third kappa shape index (κ3) is 2.17. The maximum absolute atomic E-state index is 11.6. The second kappa shape index (κ2) is 4.43. The highest BCUT2D eigenvalue weighted by Crippen LogP contribution is 2.36.